The van der Waals surface area contributed by atoms with E-state index in [1.807, 2.05) is 61.5 Å². The first-order chi connectivity index (χ1) is 12.0. The summed E-state index contributed by atoms with van der Waals surface area (Å²) in [4.78, 5) is 16.7. The van der Waals surface area contributed by atoms with Crippen LogP contribution in [0.15, 0.2) is 29.4 Å². The highest BCUT2D eigenvalue weighted by molar-refractivity contribution is 7.98. The lowest BCUT2D eigenvalue weighted by atomic mass is 9.95. The Morgan fingerprint density at radius 3 is 2.32 bits per heavy atom. The van der Waals surface area contributed by atoms with Gasteiger partial charge < -0.3 is 14.4 Å². The Morgan fingerprint density at radius 1 is 1.16 bits per heavy atom. The number of hydrogen-bond donors (Lipinski definition) is 0. The largest absolute Gasteiger partial charge is 0.378 e. The molecule has 6 nitrogen and oxygen atoms in total. The maximum atomic E-state index is 12.7. The lowest BCUT2D eigenvalue weighted by Crippen LogP contribution is -2.38. The van der Waals surface area contributed by atoms with Gasteiger partial charge in [0.2, 0.25) is 0 Å². The van der Waals surface area contributed by atoms with Crippen molar-refractivity contribution in [3.05, 3.63) is 35.7 Å². The molecule has 0 atom stereocenters. The van der Waals surface area contributed by atoms with E-state index in [1.165, 1.54) is 0 Å². The molecule has 1 aliphatic rings. The maximum absolute atomic E-state index is 12.7. The molecule has 7 heteroatoms. The van der Waals surface area contributed by atoms with Crippen LogP contribution in [0, 0.1) is 0 Å². The van der Waals surface area contributed by atoms with E-state index in [1.54, 1.807) is 11.8 Å². The van der Waals surface area contributed by atoms with Crippen LogP contribution in [-0.4, -0.2) is 59.0 Å². The number of likely N-dealkylation sites (tertiary alicyclic amines) is 1. The molecular formula is C18H25N5OS. The van der Waals surface area contributed by atoms with Gasteiger partial charge in [0.15, 0.2) is 5.16 Å². The van der Waals surface area contributed by atoms with Crippen LogP contribution in [0.3, 0.4) is 0 Å². The number of thioether (sulfide) groups is 1. The van der Waals surface area contributed by atoms with Crippen molar-refractivity contribution in [1.29, 1.82) is 0 Å². The molecule has 0 spiro atoms. The minimum atomic E-state index is 0.117. The molecule has 0 bridgehead atoms. The normalized spacial score (nSPS) is 15.4. The third-order valence-electron chi connectivity index (χ3n) is 4.83. The third-order valence-corrected chi connectivity index (χ3v) is 5.55. The van der Waals surface area contributed by atoms with Crippen molar-refractivity contribution in [3.63, 3.8) is 0 Å². The van der Waals surface area contributed by atoms with Gasteiger partial charge in [-0.05, 0) is 43.4 Å². The number of hydrogen-bond acceptors (Lipinski definition) is 5. The number of carbonyl (C=O) groups excluding carboxylic acids is 1. The molecule has 0 unspecified atom stereocenters. The summed E-state index contributed by atoms with van der Waals surface area (Å²) in [5, 5.41) is 9.51. The van der Waals surface area contributed by atoms with Gasteiger partial charge >= 0.3 is 0 Å². The van der Waals surface area contributed by atoms with Crippen molar-refractivity contribution in [2.24, 2.45) is 7.05 Å². The van der Waals surface area contributed by atoms with Gasteiger partial charge in [-0.1, -0.05) is 11.8 Å². The Labute approximate surface area is 153 Å². The third kappa shape index (κ3) is 3.66. The fourth-order valence-electron chi connectivity index (χ4n) is 3.28. The second kappa shape index (κ2) is 7.47. The van der Waals surface area contributed by atoms with Gasteiger partial charge in [0.25, 0.3) is 5.91 Å². The molecule has 1 amide bonds. The van der Waals surface area contributed by atoms with Crippen LogP contribution >= 0.6 is 11.8 Å². The molecule has 2 heterocycles. The second-order valence-electron chi connectivity index (χ2n) is 6.61. The smallest absolute Gasteiger partial charge is 0.253 e. The summed E-state index contributed by atoms with van der Waals surface area (Å²) in [6.45, 7) is 1.53. The number of benzene rings is 1. The van der Waals surface area contributed by atoms with Crippen molar-refractivity contribution < 1.29 is 4.79 Å². The topological polar surface area (TPSA) is 54.3 Å². The highest BCUT2D eigenvalue weighted by Gasteiger charge is 2.27. The minimum absolute atomic E-state index is 0.117. The molecule has 1 saturated heterocycles. The number of rotatable bonds is 4. The van der Waals surface area contributed by atoms with E-state index in [4.69, 9.17) is 0 Å². The Bertz CT molecular complexity index is 732. The zero-order valence-electron chi connectivity index (χ0n) is 15.3. The molecule has 0 aliphatic carbocycles. The van der Waals surface area contributed by atoms with Crippen molar-refractivity contribution in [2.75, 3.05) is 38.3 Å². The molecule has 0 N–H and O–H groups in total. The highest BCUT2D eigenvalue weighted by Crippen LogP contribution is 2.29. The Morgan fingerprint density at radius 2 is 1.80 bits per heavy atom. The zero-order chi connectivity index (χ0) is 18.0. The van der Waals surface area contributed by atoms with E-state index in [9.17, 15) is 4.79 Å². The highest BCUT2D eigenvalue weighted by atomic mass is 32.2. The molecule has 25 heavy (non-hydrogen) atoms. The van der Waals surface area contributed by atoms with Crippen molar-refractivity contribution in [3.8, 4) is 0 Å². The van der Waals surface area contributed by atoms with E-state index in [-0.39, 0.29) is 5.91 Å². The van der Waals surface area contributed by atoms with Crippen LogP contribution in [0.25, 0.3) is 0 Å². The van der Waals surface area contributed by atoms with Crippen LogP contribution in [0.4, 0.5) is 5.69 Å². The number of anilines is 1. The van der Waals surface area contributed by atoms with Gasteiger partial charge in [0, 0.05) is 51.4 Å². The SMILES string of the molecule is CSc1nnc(C2CCN(C(=O)c3ccc(N(C)C)cc3)CC2)n1C. The Balaban J connectivity index is 1.63. The van der Waals surface area contributed by atoms with Gasteiger partial charge in [-0.25, -0.2) is 0 Å². The molecule has 2 aromatic rings. The summed E-state index contributed by atoms with van der Waals surface area (Å²) in [6, 6.07) is 7.81. The molecule has 3 rings (SSSR count). The van der Waals surface area contributed by atoms with Gasteiger partial charge in [0.1, 0.15) is 5.82 Å². The molecule has 1 aromatic heterocycles. The zero-order valence-corrected chi connectivity index (χ0v) is 16.1. The first kappa shape index (κ1) is 17.8. The lowest BCUT2D eigenvalue weighted by Gasteiger charge is -2.31. The summed E-state index contributed by atoms with van der Waals surface area (Å²) >= 11 is 1.61. The Hall–Kier alpha value is -2.02. The van der Waals surface area contributed by atoms with E-state index in [0.717, 1.165) is 48.2 Å². The standard InChI is InChI=1S/C18H25N5OS/c1-21(2)15-7-5-14(6-8-15)17(24)23-11-9-13(10-12-23)16-19-20-18(25-4)22(16)3/h5-8,13H,9-12H2,1-4H3. The summed E-state index contributed by atoms with van der Waals surface area (Å²) in [5.41, 5.74) is 1.86. The molecule has 0 radical (unpaired) electrons. The van der Waals surface area contributed by atoms with Crippen LogP contribution in [-0.2, 0) is 7.05 Å². The summed E-state index contributed by atoms with van der Waals surface area (Å²) < 4.78 is 2.08. The molecule has 134 valence electrons. The minimum Gasteiger partial charge on any atom is -0.378 e. The van der Waals surface area contributed by atoms with Gasteiger partial charge in [0.05, 0.1) is 0 Å². The van der Waals surface area contributed by atoms with E-state index in [0.29, 0.717) is 5.92 Å². The first-order valence-electron chi connectivity index (χ1n) is 8.51. The van der Waals surface area contributed by atoms with Crippen molar-refractivity contribution >= 4 is 23.4 Å². The predicted octanol–water partition coefficient (Wildman–Crippen LogP) is 2.62. The van der Waals surface area contributed by atoms with E-state index >= 15 is 0 Å². The second-order valence-corrected chi connectivity index (χ2v) is 7.39. The van der Waals surface area contributed by atoms with E-state index in [2.05, 4.69) is 14.8 Å². The van der Waals surface area contributed by atoms with Crippen molar-refractivity contribution in [1.82, 2.24) is 19.7 Å². The maximum Gasteiger partial charge on any atom is 0.253 e. The molecule has 0 saturated carbocycles. The van der Waals surface area contributed by atoms with Gasteiger partial charge in [-0.3, -0.25) is 4.79 Å². The summed E-state index contributed by atoms with van der Waals surface area (Å²) in [7, 11) is 6.01. The molecule has 1 fully saturated rings. The Kier molecular flexibility index (Phi) is 5.32. The summed E-state index contributed by atoms with van der Waals surface area (Å²) in [5.74, 6) is 1.52. The van der Waals surface area contributed by atoms with Crippen LogP contribution < -0.4 is 4.90 Å². The van der Waals surface area contributed by atoms with Gasteiger partial charge in [-0.2, -0.15) is 0 Å². The average molecular weight is 359 g/mol. The number of piperidine rings is 1. The van der Waals surface area contributed by atoms with Crippen LogP contribution in [0.1, 0.15) is 34.9 Å². The monoisotopic (exact) mass is 359 g/mol. The molecular weight excluding hydrogens is 334 g/mol. The predicted molar refractivity (Wildman–Crippen MR) is 101 cm³/mol. The fraction of sp³-hybridized carbons (Fsp3) is 0.500. The van der Waals surface area contributed by atoms with Gasteiger partial charge in [-0.15, -0.1) is 10.2 Å². The summed E-state index contributed by atoms with van der Waals surface area (Å²) in [6.07, 6.45) is 3.88. The first-order valence-corrected chi connectivity index (χ1v) is 9.73. The average Bonchev–Trinajstić information content (AvgIpc) is 3.02. The lowest BCUT2D eigenvalue weighted by molar-refractivity contribution is 0.0710. The fourth-order valence-corrected chi connectivity index (χ4v) is 3.77. The quantitative estimate of drug-likeness (QED) is 0.786. The van der Waals surface area contributed by atoms with Crippen LogP contribution in [0.5, 0.6) is 0 Å². The number of nitrogens with zero attached hydrogens (tertiary/aromatic N) is 5. The molecule has 1 aliphatic heterocycles. The number of aromatic nitrogens is 3. The van der Waals surface area contributed by atoms with Crippen molar-refractivity contribution in [2.45, 2.75) is 23.9 Å². The van der Waals surface area contributed by atoms with Crippen LogP contribution in [0.2, 0.25) is 0 Å². The van der Waals surface area contributed by atoms with E-state index < -0.39 is 0 Å². The number of amides is 1. The molecule has 1 aromatic carbocycles. The number of carbonyl (C=O) groups is 1.